The van der Waals surface area contributed by atoms with Crippen molar-refractivity contribution in [2.75, 3.05) is 0 Å². The molecule has 0 aromatic heterocycles. The molecule has 240 valence electrons. The first kappa shape index (κ1) is 29.0. The lowest BCUT2D eigenvalue weighted by Crippen LogP contribution is -1.93. The van der Waals surface area contributed by atoms with E-state index < -0.39 is 0 Å². The van der Waals surface area contributed by atoms with Crippen LogP contribution < -0.4 is 0 Å². The molecule has 1 nitrogen and oxygen atoms in total. The molecule has 0 heterocycles. The van der Waals surface area contributed by atoms with Crippen LogP contribution >= 0.6 is 0 Å². The van der Waals surface area contributed by atoms with E-state index in [1.54, 1.807) is 0 Å². The van der Waals surface area contributed by atoms with Gasteiger partial charge in [0.2, 0.25) is 0 Å². The van der Waals surface area contributed by atoms with Crippen LogP contribution in [0.3, 0.4) is 0 Å². The van der Waals surface area contributed by atoms with Gasteiger partial charge in [-0.15, -0.1) is 0 Å². The normalized spacial score (nSPS) is 12.0. The smallest absolute Gasteiger partial charge is 0.0994 e. The Balaban J connectivity index is 1.45. The lowest BCUT2D eigenvalue weighted by atomic mass is 9.84. The number of nitrogens with zero attached hydrogens (tertiary/aromatic N) is 1. The molecular weight excluding hydrogens is 627 g/mol. The highest BCUT2D eigenvalue weighted by molar-refractivity contribution is 6.45. The Hall–Kier alpha value is -6.75. The van der Waals surface area contributed by atoms with E-state index in [0.717, 1.165) is 16.7 Å². The van der Waals surface area contributed by atoms with Crippen LogP contribution in [0.25, 0.3) is 109 Å². The summed E-state index contributed by atoms with van der Waals surface area (Å²) in [6, 6.07) is 58.3. The molecule has 0 N–H and O–H groups in total. The quantitative estimate of drug-likeness (QED) is 0.174. The van der Waals surface area contributed by atoms with Gasteiger partial charge in [-0.1, -0.05) is 140 Å². The Morgan fingerprint density at radius 2 is 0.904 bits per heavy atom. The van der Waals surface area contributed by atoms with Gasteiger partial charge in [0, 0.05) is 0 Å². The van der Waals surface area contributed by atoms with Crippen LogP contribution in [-0.2, 0) is 0 Å². The van der Waals surface area contributed by atoms with E-state index >= 15 is 0 Å². The topological polar surface area (TPSA) is 23.8 Å². The fourth-order valence-electron chi connectivity index (χ4n) is 9.61. The molecule has 0 amide bonds. The molecule has 11 aromatic rings. The zero-order valence-electron chi connectivity index (χ0n) is 28.9. The fourth-order valence-corrected chi connectivity index (χ4v) is 9.61. The predicted molar refractivity (Wildman–Crippen MR) is 222 cm³/mol. The second-order valence-electron chi connectivity index (χ2n) is 14.3. The monoisotopic (exact) mass is 657 g/mol. The Bertz CT molecular complexity index is 3290. The van der Waals surface area contributed by atoms with Crippen LogP contribution in [0.4, 0.5) is 0 Å². The average Bonchev–Trinajstić information content (AvgIpc) is 3.70. The number of aryl methyl sites for hydroxylation is 1. The third-order valence-corrected chi connectivity index (χ3v) is 11.7. The maximum Gasteiger partial charge on any atom is 0.0994 e. The van der Waals surface area contributed by atoms with Gasteiger partial charge >= 0.3 is 0 Å². The maximum absolute atomic E-state index is 10.0. The summed E-state index contributed by atoms with van der Waals surface area (Å²) in [5.74, 6) is 0. The molecule has 0 fully saturated rings. The number of rotatable bonds is 3. The highest BCUT2D eigenvalue weighted by Gasteiger charge is 2.27. The van der Waals surface area contributed by atoms with Crippen LogP contribution in [-0.4, -0.2) is 0 Å². The summed E-state index contributed by atoms with van der Waals surface area (Å²) >= 11 is 0. The molecule has 0 saturated heterocycles. The molecule has 11 aromatic carbocycles. The number of nitriles is 1. The molecule has 0 aliphatic rings. The zero-order chi connectivity index (χ0) is 34.7. The van der Waals surface area contributed by atoms with Crippen molar-refractivity contribution < 1.29 is 0 Å². The van der Waals surface area contributed by atoms with E-state index in [-0.39, 0.29) is 0 Å². The van der Waals surface area contributed by atoms with Crippen LogP contribution in [0.5, 0.6) is 0 Å². The molecular formula is C51H31N. The van der Waals surface area contributed by atoms with Gasteiger partial charge in [-0.3, -0.25) is 0 Å². The minimum absolute atomic E-state index is 0.723. The SMILES string of the molecule is Cc1ccc(C#N)c(C)c1-c1ccc2c3c(-c4ccccc4)c4c(cc5c6ccccc6c6cccc4c65)c(-c4ccccc4)c3c3cccc1c32. The van der Waals surface area contributed by atoms with Crippen molar-refractivity contribution in [3.05, 3.63) is 168 Å². The molecule has 0 atom stereocenters. The number of hydrogen-bond acceptors (Lipinski definition) is 1. The first-order valence-corrected chi connectivity index (χ1v) is 18.0. The summed E-state index contributed by atoms with van der Waals surface area (Å²) in [5, 5.41) is 28.1. The predicted octanol–water partition coefficient (Wildman–Crippen LogP) is 14.1. The van der Waals surface area contributed by atoms with Crippen molar-refractivity contribution in [1.29, 1.82) is 5.26 Å². The molecule has 0 saturated carbocycles. The van der Waals surface area contributed by atoms with E-state index in [1.807, 2.05) is 6.07 Å². The molecule has 0 spiro atoms. The fraction of sp³-hybridized carbons (Fsp3) is 0.0392. The molecule has 0 radical (unpaired) electrons. The van der Waals surface area contributed by atoms with E-state index in [2.05, 4.69) is 166 Å². The Kier molecular flexibility index (Phi) is 5.93. The van der Waals surface area contributed by atoms with Crippen molar-refractivity contribution >= 4 is 75.4 Å². The van der Waals surface area contributed by atoms with E-state index in [9.17, 15) is 5.26 Å². The first-order chi connectivity index (χ1) is 25.6. The number of fused-ring (bicyclic) bond motifs is 8. The van der Waals surface area contributed by atoms with E-state index in [4.69, 9.17) is 0 Å². The molecule has 0 unspecified atom stereocenters. The van der Waals surface area contributed by atoms with Gasteiger partial charge in [-0.25, -0.2) is 0 Å². The second kappa shape index (κ2) is 10.6. The highest BCUT2D eigenvalue weighted by Crippen LogP contribution is 2.55. The van der Waals surface area contributed by atoms with Gasteiger partial charge in [0.15, 0.2) is 0 Å². The zero-order valence-corrected chi connectivity index (χ0v) is 28.9. The molecule has 11 rings (SSSR count). The standard InChI is InChI=1S/C51H31N/c1-29-23-24-33(28-52)30(2)44(29)38-25-26-41-47-37(38)20-12-22-40(47)50-45(31-13-5-3-6-14-31)43-27-42-35-18-10-9-17-34(35)36-19-11-21-39(48(36)42)49(43)46(51(41)50)32-15-7-4-8-16-32/h3-27H,1-2H3. The van der Waals surface area contributed by atoms with Crippen LogP contribution in [0.15, 0.2) is 152 Å². The largest absolute Gasteiger partial charge is 0.192 e. The van der Waals surface area contributed by atoms with Gasteiger partial charge in [0.1, 0.15) is 0 Å². The Morgan fingerprint density at radius 3 is 1.62 bits per heavy atom. The summed E-state index contributed by atoms with van der Waals surface area (Å²) in [4.78, 5) is 0. The van der Waals surface area contributed by atoms with Crippen LogP contribution in [0.1, 0.15) is 16.7 Å². The van der Waals surface area contributed by atoms with Crippen molar-refractivity contribution in [1.82, 2.24) is 0 Å². The van der Waals surface area contributed by atoms with Crippen LogP contribution in [0.2, 0.25) is 0 Å². The number of hydrogen-bond donors (Lipinski definition) is 0. The van der Waals surface area contributed by atoms with E-state index in [1.165, 1.54) is 109 Å². The van der Waals surface area contributed by atoms with Crippen molar-refractivity contribution in [3.8, 4) is 39.4 Å². The van der Waals surface area contributed by atoms with Crippen molar-refractivity contribution in [3.63, 3.8) is 0 Å². The molecule has 52 heavy (non-hydrogen) atoms. The molecule has 1 heteroatoms. The maximum atomic E-state index is 10.0. The van der Waals surface area contributed by atoms with Gasteiger partial charge < -0.3 is 0 Å². The van der Waals surface area contributed by atoms with Crippen LogP contribution in [0, 0.1) is 25.2 Å². The third-order valence-electron chi connectivity index (χ3n) is 11.7. The summed E-state index contributed by atoms with van der Waals surface area (Å²) in [6.07, 6.45) is 0. The van der Waals surface area contributed by atoms with Crippen molar-refractivity contribution in [2.45, 2.75) is 13.8 Å². The summed E-state index contributed by atoms with van der Waals surface area (Å²) in [7, 11) is 0. The average molecular weight is 658 g/mol. The summed E-state index contributed by atoms with van der Waals surface area (Å²) < 4.78 is 0. The van der Waals surface area contributed by atoms with Gasteiger partial charge in [0.25, 0.3) is 0 Å². The van der Waals surface area contributed by atoms with Crippen molar-refractivity contribution in [2.24, 2.45) is 0 Å². The lowest BCUT2D eigenvalue weighted by Gasteiger charge is -2.19. The second-order valence-corrected chi connectivity index (χ2v) is 14.3. The minimum Gasteiger partial charge on any atom is -0.192 e. The Labute approximate surface area is 301 Å². The first-order valence-electron chi connectivity index (χ1n) is 18.0. The Morgan fingerprint density at radius 1 is 0.365 bits per heavy atom. The molecule has 0 aliphatic heterocycles. The minimum atomic E-state index is 0.723. The number of benzene rings is 9. The summed E-state index contributed by atoms with van der Waals surface area (Å²) in [5.41, 5.74) is 10.3. The van der Waals surface area contributed by atoms with Gasteiger partial charge in [-0.05, 0) is 146 Å². The van der Waals surface area contributed by atoms with Gasteiger partial charge in [-0.2, -0.15) is 5.26 Å². The molecule has 0 bridgehead atoms. The lowest BCUT2D eigenvalue weighted by molar-refractivity contribution is 1.34. The van der Waals surface area contributed by atoms with Gasteiger partial charge in [0.05, 0.1) is 11.6 Å². The highest BCUT2D eigenvalue weighted by atomic mass is 14.3. The van der Waals surface area contributed by atoms with E-state index in [0.29, 0.717) is 0 Å². The molecule has 0 aliphatic carbocycles. The summed E-state index contributed by atoms with van der Waals surface area (Å²) in [6.45, 7) is 4.25. The third kappa shape index (κ3) is 3.71.